The Kier molecular flexibility index (Phi) is 2.52. The van der Waals surface area contributed by atoms with Crippen molar-refractivity contribution in [3.8, 4) is 0 Å². The molecule has 1 rings (SSSR count). The Labute approximate surface area is 70.9 Å². The Balaban J connectivity index is 2.54. The quantitative estimate of drug-likeness (QED) is 0.586. The maximum atomic E-state index is 10.3. The van der Waals surface area contributed by atoms with Gasteiger partial charge in [-0.1, -0.05) is 0 Å². The van der Waals surface area contributed by atoms with Crippen LogP contribution in [0.1, 0.15) is 12.8 Å². The smallest absolute Gasteiger partial charge is 0.305 e. The highest BCUT2D eigenvalue weighted by molar-refractivity contribution is 5.79. The molecule has 0 radical (unpaired) electrons. The molecule has 0 saturated heterocycles. The summed E-state index contributed by atoms with van der Waals surface area (Å²) in [5.41, 5.74) is 5.53. The summed E-state index contributed by atoms with van der Waals surface area (Å²) in [6.07, 6.45) is 0.845. The number of rotatable bonds is 2. The molecule has 1 aliphatic rings. The minimum absolute atomic E-state index is 0.0779. The van der Waals surface area contributed by atoms with Crippen LogP contribution in [0.3, 0.4) is 0 Å². The van der Waals surface area contributed by atoms with Gasteiger partial charge in [0.1, 0.15) is 0 Å². The van der Waals surface area contributed by atoms with E-state index in [1.807, 2.05) is 11.9 Å². The zero-order valence-corrected chi connectivity index (χ0v) is 7.03. The minimum Gasteiger partial charge on any atom is -0.481 e. The van der Waals surface area contributed by atoms with Crippen LogP contribution in [-0.4, -0.2) is 41.6 Å². The highest BCUT2D eigenvalue weighted by Gasteiger charge is 2.18. The van der Waals surface area contributed by atoms with Crippen LogP contribution in [0.4, 0.5) is 0 Å². The van der Waals surface area contributed by atoms with Crippen molar-refractivity contribution in [3.63, 3.8) is 0 Å². The van der Waals surface area contributed by atoms with E-state index in [0.29, 0.717) is 5.96 Å². The molecule has 1 unspecified atom stereocenters. The molecule has 0 aromatic carbocycles. The van der Waals surface area contributed by atoms with Gasteiger partial charge in [-0.15, -0.1) is 0 Å². The number of carbonyl (C=O) groups is 1. The average Bonchev–Trinajstić information content (AvgIpc) is 1.96. The number of carboxylic acid groups (broad SMARTS) is 1. The van der Waals surface area contributed by atoms with Crippen LogP contribution in [0.25, 0.3) is 0 Å². The Hall–Kier alpha value is -1.26. The molecule has 1 heterocycles. The SMILES string of the molecule is CN1CCC(CC(=O)O)N=C1N. The lowest BCUT2D eigenvalue weighted by Crippen LogP contribution is -2.41. The third-order valence-electron chi connectivity index (χ3n) is 1.91. The molecule has 0 amide bonds. The third kappa shape index (κ3) is 2.11. The predicted molar refractivity (Wildman–Crippen MR) is 44.9 cm³/mol. The number of aliphatic carboxylic acids is 1. The molecule has 0 saturated carbocycles. The van der Waals surface area contributed by atoms with E-state index >= 15 is 0 Å². The second kappa shape index (κ2) is 3.42. The lowest BCUT2D eigenvalue weighted by Gasteiger charge is -2.26. The summed E-state index contributed by atoms with van der Waals surface area (Å²) in [4.78, 5) is 16.2. The fourth-order valence-corrected chi connectivity index (χ4v) is 1.16. The molecular formula is C7H13N3O2. The fraction of sp³-hybridized carbons (Fsp3) is 0.714. The summed E-state index contributed by atoms with van der Waals surface area (Å²) in [5.74, 6) is -0.381. The van der Waals surface area contributed by atoms with Crippen LogP contribution >= 0.6 is 0 Å². The fourth-order valence-electron chi connectivity index (χ4n) is 1.16. The first-order chi connectivity index (χ1) is 5.59. The van der Waals surface area contributed by atoms with Gasteiger partial charge < -0.3 is 15.7 Å². The van der Waals surface area contributed by atoms with Crippen molar-refractivity contribution in [1.29, 1.82) is 0 Å². The van der Waals surface area contributed by atoms with Gasteiger partial charge in [0.05, 0.1) is 12.5 Å². The Bertz CT molecular complexity index is 215. The van der Waals surface area contributed by atoms with Gasteiger partial charge in [-0.25, -0.2) is 4.99 Å². The first-order valence-corrected chi connectivity index (χ1v) is 3.86. The minimum atomic E-state index is -0.818. The predicted octanol–water partition coefficient (Wildman–Crippen LogP) is -0.520. The summed E-state index contributed by atoms with van der Waals surface area (Å²) < 4.78 is 0. The number of hydrogen-bond donors (Lipinski definition) is 2. The van der Waals surface area contributed by atoms with Crippen molar-refractivity contribution < 1.29 is 9.90 Å². The van der Waals surface area contributed by atoms with Crippen LogP contribution in [-0.2, 0) is 4.79 Å². The molecule has 0 aromatic rings. The topological polar surface area (TPSA) is 78.9 Å². The van der Waals surface area contributed by atoms with Crippen LogP contribution < -0.4 is 5.73 Å². The van der Waals surface area contributed by atoms with Crippen molar-refractivity contribution in [3.05, 3.63) is 0 Å². The highest BCUT2D eigenvalue weighted by atomic mass is 16.4. The Morgan fingerprint density at radius 1 is 1.92 bits per heavy atom. The Morgan fingerprint density at radius 2 is 2.58 bits per heavy atom. The van der Waals surface area contributed by atoms with E-state index in [1.165, 1.54) is 0 Å². The second-order valence-electron chi connectivity index (χ2n) is 2.95. The molecule has 3 N–H and O–H groups in total. The lowest BCUT2D eigenvalue weighted by atomic mass is 10.1. The van der Waals surface area contributed by atoms with Crippen molar-refractivity contribution in [2.75, 3.05) is 13.6 Å². The largest absolute Gasteiger partial charge is 0.481 e. The monoisotopic (exact) mass is 171 g/mol. The zero-order chi connectivity index (χ0) is 9.14. The standard InChI is InChI=1S/C7H13N3O2/c1-10-3-2-5(4-6(11)12)9-7(10)8/h5H,2-4H2,1H3,(H2,8,9)(H,11,12). The average molecular weight is 171 g/mol. The molecule has 5 heteroatoms. The van der Waals surface area contributed by atoms with Crippen LogP contribution in [0.5, 0.6) is 0 Å². The van der Waals surface area contributed by atoms with Gasteiger partial charge in [-0.3, -0.25) is 4.79 Å². The maximum absolute atomic E-state index is 10.3. The van der Waals surface area contributed by atoms with E-state index in [9.17, 15) is 4.79 Å². The van der Waals surface area contributed by atoms with E-state index < -0.39 is 5.97 Å². The molecule has 0 bridgehead atoms. The van der Waals surface area contributed by atoms with Gasteiger partial charge in [-0.2, -0.15) is 0 Å². The molecule has 12 heavy (non-hydrogen) atoms. The van der Waals surface area contributed by atoms with Gasteiger partial charge in [0.15, 0.2) is 5.96 Å². The molecule has 0 aromatic heterocycles. The first kappa shape index (κ1) is 8.83. The van der Waals surface area contributed by atoms with Crippen LogP contribution in [0.2, 0.25) is 0 Å². The molecular weight excluding hydrogens is 158 g/mol. The third-order valence-corrected chi connectivity index (χ3v) is 1.91. The first-order valence-electron chi connectivity index (χ1n) is 3.86. The van der Waals surface area contributed by atoms with E-state index in [0.717, 1.165) is 13.0 Å². The lowest BCUT2D eigenvalue weighted by molar-refractivity contribution is -0.137. The van der Waals surface area contributed by atoms with E-state index in [1.54, 1.807) is 0 Å². The summed E-state index contributed by atoms with van der Waals surface area (Å²) in [5, 5.41) is 8.49. The van der Waals surface area contributed by atoms with Crippen LogP contribution in [0, 0.1) is 0 Å². The number of nitrogens with zero attached hydrogens (tertiary/aromatic N) is 2. The summed E-state index contributed by atoms with van der Waals surface area (Å²) in [6.45, 7) is 0.785. The number of guanidine groups is 1. The van der Waals surface area contributed by atoms with Crippen molar-refractivity contribution >= 4 is 11.9 Å². The summed E-state index contributed by atoms with van der Waals surface area (Å²) in [7, 11) is 1.84. The summed E-state index contributed by atoms with van der Waals surface area (Å²) in [6, 6.07) is -0.140. The zero-order valence-electron chi connectivity index (χ0n) is 7.03. The van der Waals surface area contributed by atoms with E-state index in [2.05, 4.69) is 4.99 Å². The van der Waals surface area contributed by atoms with Crippen molar-refractivity contribution in [2.45, 2.75) is 18.9 Å². The van der Waals surface area contributed by atoms with Gasteiger partial charge in [0, 0.05) is 13.6 Å². The number of hydrogen-bond acceptors (Lipinski definition) is 4. The normalized spacial score (nSPS) is 23.6. The molecule has 0 aliphatic carbocycles. The maximum Gasteiger partial charge on any atom is 0.305 e. The molecule has 5 nitrogen and oxygen atoms in total. The molecule has 1 atom stereocenters. The Morgan fingerprint density at radius 3 is 3.08 bits per heavy atom. The van der Waals surface area contributed by atoms with Gasteiger partial charge in [0.25, 0.3) is 0 Å². The van der Waals surface area contributed by atoms with E-state index in [4.69, 9.17) is 10.8 Å². The highest BCUT2D eigenvalue weighted by Crippen LogP contribution is 2.09. The van der Waals surface area contributed by atoms with E-state index in [-0.39, 0.29) is 12.5 Å². The van der Waals surface area contributed by atoms with Crippen molar-refractivity contribution in [2.24, 2.45) is 10.7 Å². The van der Waals surface area contributed by atoms with Gasteiger partial charge >= 0.3 is 5.97 Å². The number of carboxylic acids is 1. The number of aliphatic imine (C=N–C) groups is 1. The van der Waals surface area contributed by atoms with Crippen LogP contribution in [0.15, 0.2) is 4.99 Å². The summed E-state index contributed by atoms with van der Waals surface area (Å²) >= 11 is 0. The molecule has 0 fully saturated rings. The van der Waals surface area contributed by atoms with Gasteiger partial charge in [-0.05, 0) is 6.42 Å². The van der Waals surface area contributed by atoms with Crippen molar-refractivity contribution in [1.82, 2.24) is 4.90 Å². The van der Waals surface area contributed by atoms with Gasteiger partial charge in [0.2, 0.25) is 0 Å². The molecule has 1 aliphatic heterocycles. The number of nitrogens with two attached hydrogens (primary N) is 1. The second-order valence-corrected chi connectivity index (χ2v) is 2.95. The molecule has 0 spiro atoms. The molecule has 68 valence electrons.